The van der Waals surface area contributed by atoms with Gasteiger partial charge in [-0.2, -0.15) is 4.37 Å². The van der Waals surface area contributed by atoms with Gasteiger partial charge >= 0.3 is 0 Å². The number of nitrogens with two attached hydrogens (primary N) is 1. The molecule has 4 nitrogen and oxygen atoms in total. The van der Waals surface area contributed by atoms with E-state index in [4.69, 9.17) is 5.73 Å². The minimum atomic E-state index is -0.704. The van der Waals surface area contributed by atoms with Gasteiger partial charge in [0.25, 0.3) is 0 Å². The van der Waals surface area contributed by atoms with Crippen LogP contribution in [0.3, 0.4) is 0 Å². The zero-order chi connectivity index (χ0) is 12.0. The van der Waals surface area contributed by atoms with Crippen molar-refractivity contribution < 1.29 is 5.11 Å². The van der Waals surface area contributed by atoms with E-state index in [1.807, 2.05) is 6.92 Å². The molecular weight excluding hydrogens is 242 g/mol. The summed E-state index contributed by atoms with van der Waals surface area (Å²) in [5, 5.41) is 9.69. The van der Waals surface area contributed by atoms with Gasteiger partial charge in [-0.15, -0.1) is 0 Å². The molecule has 0 aliphatic heterocycles. The van der Waals surface area contributed by atoms with Crippen molar-refractivity contribution >= 4 is 23.3 Å². The monoisotopic (exact) mass is 261 g/mol. The summed E-state index contributed by atoms with van der Waals surface area (Å²) in [6.07, 6.45) is 2.83. The van der Waals surface area contributed by atoms with Crippen LogP contribution in [0.5, 0.6) is 0 Å². The maximum absolute atomic E-state index is 9.69. The average Bonchev–Trinajstić information content (AvgIpc) is 2.64. The third-order valence-electron chi connectivity index (χ3n) is 2.28. The third-order valence-corrected chi connectivity index (χ3v) is 4.30. The van der Waals surface area contributed by atoms with Crippen molar-refractivity contribution in [2.75, 3.05) is 12.3 Å². The van der Waals surface area contributed by atoms with Gasteiger partial charge in [0.15, 0.2) is 4.34 Å². The van der Waals surface area contributed by atoms with E-state index >= 15 is 0 Å². The van der Waals surface area contributed by atoms with E-state index in [0.717, 1.165) is 35.2 Å². The number of hydrogen-bond donors (Lipinski definition) is 2. The fourth-order valence-corrected chi connectivity index (χ4v) is 2.92. The van der Waals surface area contributed by atoms with E-state index in [0.29, 0.717) is 6.54 Å². The van der Waals surface area contributed by atoms with E-state index in [1.54, 1.807) is 18.7 Å². The van der Waals surface area contributed by atoms with Crippen LogP contribution < -0.4 is 5.73 Å². The highest BCUT2D eigenvalue weighted by molar-refractivity contribution is 8.00. The Labute approximate surface area is 105 Å². The fourth-order valence-electron chi connectivity index (χ4n) is 1.21. The van der Waals surface area contributed by atoms with E-state index in [2.05, 4.69) is 9.36 Å². The summed E-state index contributed by atoms with van der Waals surface area (Å²) in [5.74, 6) is 1.87. The molecule has 0 saturated carbocycles. The largest absolute Gasteiger partial charge is 0.389 e. The molecule has 0 aromatic carbocycles. The predicted octanol–water partition coefficient (Wildman–Crippen LogP) is 1.82. The maximum Gasteiger partial charge on any atom is 0.170 e. The van der Waals surface area contributed by atoms with Crippen LogP contribution in [-0.4, -0.2) is 32.4 Å². The van der Waals surface area contributed by atoms with Crippen molar-refractivity contribution in [2.45, 2.75) is 43.1 Å². The van der Waals surface area contributed by atoms with E-state index in [-0.39, 0.29) is 0 Å². The number of unbranched alkanes of at least 4 members (excludes halogenated alkanes) is 1. The molecule has 0 fully saturated rings. The highest BCUT2D eigenvalue weighted by atomic mass is 32.2. The summed E-state index contributed by atoms with van der Waals surface area (Å²) in [6.45, 7) is 4.02. The lowest BCUT2D eigenvalue weighted by Crippen LogP contribution is -2.33. The fraction of sp³-hybridized carbons (Fsp3) is 0.800. The van der Waals surface area contributed by atoms with Crippen LogP contribution in [0.15, 0.2) is 4.34 Å². The average molecular weight is 261 g/mol. The third kappa shape index (κ3) is 5.25. The lowest BCUT2D eigenvalue weighted by Gasteiger charge is -2.20. The second-order valence-corrected chi connectivity index (χ2v) is 6.21. The molecule has 0 aliphatic rings. The van der Waals surface area contributed by atoms with E-state index in [9.17, 15) is 5.11 Å². The smallest absolute Gasteiger partial charge is 0.170 e. The Kier molecular flexibility index (Phi) is 5.68. The standard InChI is InChI=1S/C10H19N3OS2/c1-8-12-9(16-13-8)15-6-4-3-5-10(2,14)7-11/h14H,3-7,11H2,1-2H3. The van der Waals surface area contributed by atoms with Crippen molar-refractivity contribution in [3.8, 4) is 0 Å². The molecule has 1 unspecified atom stereocenters. The highest BCUT2D eigenvalue weighted by Gasteiger charge is 2.16. The summed E-state index contributed by atoms with van der Waals surface area (Å²) in [5.41, 5.74) is 4.74. The van der Waals surface area contributed by atoms with Crippen molar-refractivity contribution in [1.82, 2.24) is 9.36 Å². The first-order chi connectivity index (χ1) is 7.53. The Bertz CT molecular complexity index is 315. The molecule has 3 N–H and O–H groups in total. The minimum Gasteiger partial charge on any atom is -0.389 e. The quantitative estimate of drug-likeness (QED) is 0.578. The summed E-state index contributed by atoms with van der Waals surface area (Å²) in [7, 11) is 0. The van der Waals surface area contributed by atoms with Crippen LogP contribution in [0.25, 0.3) is 0 Å². The van der Waals surface area contributed by atoms with Gasteiger partial charge in [-0.3, -0.25) is 0 Å². The maximum atomic E-state index is 9.69. The van der Waals surface area contributed by atoms with Gasteiger partial charge in [0, 0.05) is 12.3 Å². The number of aliphatic hydroxyl groups is 1. The zero-order valence-corrected chi connectivity index (χ0v) is 11.4. The van der Waals surface area contributed by atoms with Crippen LogP contribution in [0.1, 0.15) is 32.0 Å². The minimum absolute atomic E-state index is 0.329. The van der Waals surface area contributed by atoms with E-state index < -0.39 is 5.60 Å². The molecule has 1 aromatic heterocycles. The van der Waals surface area contributed by atoms with Crippen LogP contribution in [0, 0.1) is 6.92 Å². The number of rotatable bonds is 7. The van der Waals surface area contributed by atoms with Crippen molar-refractivity contribution in [3.63, 3.8) is 0 Å². The Balaban J connectivity index is 2.08. The normalized spacial score (nSPS) is 15.0. The molecule has 0 amide bonds. The SMILES string of the molecule is Cc1nsc(SCCCCC(C)(O)CN)n1. The van der Waals surface area contributed by atoms with Gasteiger partial charge in [0.2, 0.25) is 0 Å². The molecule has 0 spiro atoms. The van der Waals surface area contributed by atoms with Crippen molar-refractivity contribution in [2.24, 2.45) is 5.73 Å². The number of nitrogens with zero attached hydrogens (tertiary/aromatic N) is 2. The second-order valence-electron chi connectivity index (χ2n) is 4.11. The molecule has 0 saturated heterocycles. The Morgan fingerprint density at radius 2 is 2.25 bits per heavy atom. The Morgan fingerprint density at radius 3 is 2.81 bits per heavy atom. The second kappa shape index (κ2) is 6.54. The first-order valence-corrected chi connectivity index (χ1v) is 7.15. The molecule has 1 atom stereocenters. The van der Waals surface area contributed by atoms with Gasteiger partial charge in [-0.25, -0.2) is 4.98 Å². The van der Waals surface area contributed by atoms with Crippen molar-refractivity contribution in [1.29, 1.82) is 0 Å². The first kappa shape index (κ1) is 13.9. The van der Waals surface area contributed by atoms with Crippen molar-refractivity contribution in [3.05, 3.63) is 5.82 Å². The molecule has 1 aromatic rings. The molecular formula is C10H19N3OS2. The number of thioether (sulfide) groups is 1. The van der Waals surface area contributed by atoms with Crippen LogP contribution in [0.4, 0.5) is 0 Å². The lowest BCUT2D eigenvalue weighted by molar-refractivity contribution is 0.0577. The van der Waals surface area contributed by atoms with E-state index in [1.165, 1.54) is 11.5 Å². The predicted molar refractivity (Wildman–Crippen MR) is 68.9 cm³/mol. The molecule has 6 heteroatoms. The van der Waals surface area contributed by atoms with Gasteiger partial charge in [0.05, 0.1) is 5.60 Å². The molecule has 16 heavy (non-hydrogen) atoms. The first-order valence-electron chi connectivity index (χ1n) is 5.39. The Morgan fingerprint density at radius 1 is 1.50 bits per heavy atom. The van der Waals surface area contributed by atoms with Gasteiger partial charge in [-0.1, -0.05) is 11.8 Å². The molecule has 1 rings (SSSR count). The topological polar surface area (TPSA) is 72.0 Å². The van der Waals surface area contributed by atoms with Gasteiger partial charge < -0.3 is 10.8 Å². The summed E-state index contributed by atoms with van der Waals surface area (Å²) >= 11 is 3.18. The summed E-state index contributed by atoms with van der Waals surface area (Å²) < 4.78 is 5.15. The summed E-state index contributed by atoms with van der Waals surface area (Å²) in [4.78, 5) is 4.27. The van der Waals surface area contributed by atoms with Crippen LogP contribution in [-0.2, 0) is 0 Å². The molecule has 0 aliphatic carbocycles. The van der Waals surface area contributed by atoms with Crippen LogP contribution >= 0.6 is 23.3 Å². The molecule has 92 valence electrons. The van der Waals surface area contributed by atoms with Crippen LogP contribution in [0.2, 0.25) is 0 Å². The Hall–Kier alpha value is -0.170. The van der Waals surface area contributed by atoms with Gasteiger partial charge in [-0.05, 0) is 44.6 Å². The molecule has 0 bridgehead atoms. The molecule has 0 radical (unpaired) electrons. The summed E-state index contributed by atoms with van der Waals surface area (Å²) in [6, 6.07) is 0. The molecule has 1 heterocycles. The highest BCUT2D eigenvalue weighted by Crippen LogP contribution is 2.22. The lowest BCUT2D eigenvalue weighted by atomic mass is 10.00. The van der Waals surface area contributed by atoms with Gasteiger partial charge in [0.1, 0.15) is 5.82 Å². The number of aromatic nitrogens is 2. The number of aryl methyl sites for hydroxylation is 1. The number of hydrogen-bond acceptors (Lipinski definition) is 6. The zero-order valence-electron chi connectivity index (χ0n) is 9.77.